The lowest BCUT2D eigenvalue weighted by atomic mass is 9.89. The van der Waals surface area contributed by atoms with E-state index < -0.39 is 45.9 Å². The van der Waals surface area contributed by atoms with Crippen molar-refractivity contribution in [1.82, 2.24) is 5.32 Å². The number of methoxy groups -OCH3 is 2. The molecule has 8 nitrogen and oxygen atoms in total. The van der Waals surface area contributed by atoms with Crippen LogP contribution < -0.4 is 23.8 Å². The highest BCUT2D eigenvalue weighted by atomic mass is 32.2. The molecule has 1 heterocycles. The van der Waals surface area contributed by atoms with Gasteiger partial charge in [0.05, 0.1) is 36.4 Å². The van der Waals surface area contributed by atoms with Gasteiger partial charge in [0.1, 0.15) is 17.9 Å². The predicted octanol–water partition coefficient (Wildman–Crippen LogP) is 5.64. The Hall–Kier alpha value is -3.93. The summed E-state index contributed by atoms with van der Waals surface area (Å²) < 4.78 is 85.5. The molecule has 3 aromatic carbocycles. The first-order chi connectivity index (χ1) is 19.1. The largest absolute Gasteiger partial charge is 0.493 e. The summed E-state index contributed by atoms with van der Waals surface area (Å²) in [5.74, 6) is 0.232. The van der Waals surface area contributed by atoms with Crippen LogP contribution in [-0.4, -0.2) is 40.7 Å². The molecule has 1 unspecified atom stereocenters. The molecule has 0 aromatic heterocycles. The number of anilines is 1. The van der Waals surface area contributed by atoms with Gasteiger partial charge in [-0.1, -0.05) is 23.8 Å². The molecule has 0 aliphatic carbocycles. The van der Waals surface area contributed by atoms with E-state index in [1.165, 1.54) is 38.5 Å². The van der Waals surface area contributed by atoms with E-state index in [1.807, 2.05) is 32.9 Å². The van der Waals surface area contributed by atoms with Crippen molar-refractivity contribution < 1.29 is 40.6 Å². The smallest absolute Gasteiger partial charge is 0.416 e. The second kappa shape index (κ2) is 11.2. The number of carbonyl (C=O) groups excluding carboxylic acids is 1. The third kappa shape index (κ3) is 6.53. The SMILES string of the molecule is COc1ccc(S(=O)(=O)N(CC(=O)NC2CC(C)(C)Oc3ccc(C)cc32)c2cccc(C(F)(F)F)c2)cc1OC. The van der Waals surface area contributed by atoms with E-state index in [0.29, 0.717) is 22.5 Å². The van der Waals surface area contributed by atoms with Gasteiger partial charge in [0.2, 0.25) is 5.91 Å². The minimum atomic E-state index is -4.73. The predicted molar refractivity (Wildman–Crippen MR) is 147 cm³/mol. The number of aryl methyl sites for hydroxylation is 1. The van der Waals surface area contributed by atoms with Gasteiger partial charge >= 0.3 is 6.18 Å². The van der Waals surface area contributed by atoms with E-state index in [4.69, 9.17) is 14.2 Å². The van der Waals surface area contributed by atoms with Gasteiger partial charge in [-0.15, -0.1) is 0 Å². The van der Waals surface area contributed by atoms with Crippen LogP contribution in [0.5, 0.6) is 17.2 Å². The number of hydrogen-bond donors (Lipinski definition) is 1. The zero-order valence-corrected chi connectivity index (χ0v) is 24.0. The number of amides is 1. The van der Waals surface area contributed by atoms with Crippen molar-refractivity contribution in [3.8, 4) is 17.2 Å². The summed E-state index contributed by atoms with van der Waals surface area (Å²) in [6, 6.07) is 12.6. The summed E-state index contributed by atoms with van der Waals surface area (Å²) >= 11 is 0. The van der Waals surface area contributed by atoms with E-state index >= 15 is 0 Å². The van der Waals surface area contributed by atoms with Crippen LogP contribution >= 0.6 is 0 Å². The number of benzene rings is 3. The molecule has 0 bridgehead atoms. The molecule has 1 aliphatic rings. The van der Waals surface area contributed by atoms with Crippen LogP contribution in [0.4, 0.5) is 18.9 Å². The zero-order chi connectivity index (χ0) is 30.2. The maximum absolute atomic E-state index is 13.9. The van der Waals surface area contributed by atoms with E-state index in [1.54, 1.807) is 6.07 Å². The van der Waals surface area contributed by atoms with Gasteiger partial charge in [0, 0.05) is 18.1 Å². The second-order valence-corrected chi connectivity index (χ2v) is 12.2. The number of rotatable bonds is 8. The first-order valence-corrected chi connectivity index (χ1v) is 14.1. The number of nitrogens with zero attached hydrogens (tertiary/aromatic N) is 1. The van der Waals surface area contributed by atoms with Gasteiger partial charge in [-0.25, -0.2) is 8.42 Å². The van der Waals surface area contributed by atoms with Crippen LogP contribution in [0.25, 0.3) is 0 Å². The van der Waals surface area contributed by atoms with Gasteiger partial charge in [-0.05, 0) is 57.2 Å². The van der Waals surface area contributed by atoms with Crippen LogP contribution in [0.15, 0.2) is 65.6 Å². The fourth-order valence-corrected chi connectivity index (χ4v) is 6.16. The van der Waals surface area contributed by atoms with E-state index in [-0.39, 0.29) is 22.1 Å². The zero-order valence-electron chi connectivity index (χ0n) is 23.2. The molecule has 0 spiro atoms. The number of halogens is 3. The molecule has 0 saturated carbocycles. The standard InChI is InChI=1S/C29H31F3N2O6S/c1-18-9-11-24-22(13-18)23(16-28(2,3)40-24)33-27(35)17-34(20-8-6-7-19(14-20)29(30,31)32)41(36,37)21-10-12-25(38-4)26(15-21)39-5/h6-15,23H,16-17H2,1-5H3,(H,33,35). The lowest BCUT2D eigenvalue weighted by molar-refractivity contribution is -0.137. The van der Waals surface area contributed by atoms with Crippen molar-refractivity contribution in [2.24, 2.45) is 0 Å². The number of fused-ring (bicyclic) bond motifs is 1. The van der Waals surface area contributed by atoms with E-state index in [9.17, 15) is 26.4 Å². The second-order valence-electron chi connectivity index (χ2n) is 10.3. The third-order valence-corrected chi connectivity index (χ3v) is 8.42. The number of alkyl halides is 3. The van der Waals surface area contributed by atoms with Gasteiger partial charge in [-0.3, -0.25) is 9.10 Å². The molecule has 1 amide bonds. The van der Waals surface area contributed by atoms with Crippen LogP contribution in [0, 0.1) is 6.92 Å². The molecule has 1 atom stereocenters. The molecule has 4 rings (SSSR count). The number of hydrogen-bond acceptors (Lipinski definition) is 6. The van der Waals surface area contributed by atoms with Crippen molar-refractivity contribution in [1.29, 1.82) is 0 Å². The Bertz CT molecular complexity index is 1560. The van der Waals surface area contributed by atoms with E-state index in [0.717, 1.165) is 23.3 Å². The number of nitrogens with one attached hydrogen (secondary N) is 1. The molecule has 220 valence electrons. The molecular weight excluding hydrogens is 561 g/mol. The minimum Gasteiger partial charge on any atom is -0.493 e. The van der Waals surface area contributed by atoms with Crippen LogP contribution in [0.2, 0.25) is 0 Å². The highest BCUT2D eigenvalue weighted by molar-refractivity contribution is 7.92. The first-order valence-electron chi connectivity index (χ1n) is 12.7. The summed E-state index contributed by atoms with van der Waals surface area (Å²) in [6.07, 6.45) is -4.34. The van der Waals surface area contributed by atoms with Crippen molar-refractivity contribution in [2.75, 3.05) is 25.1 Å². The highest BCUT2D eigenvalue weighted by Gasteiger charge is 2.37. The Morgan fingerprint density at radius 1 is 1.05 bits per heavy atom. The topological polar surface area (TPSA) is 94.2 Å². The Morgan fingerprint density at radius 3 is 2.41 bits per heavy atom. The lowest BCUT2D eigenvalue weighted by Gasteiger charge is -2.38. The molecule has 0 fully saturated rings. The average molecular weight is 593 g/mol. The lowest BCUT2D eigenvalue weighted by Crippen LogP contribution is -2.45. The molecule has 1 N–H and O–H groups in total. The molecule has 1 aliphatic heterocycles. The normalized spacial score (nSPS) is 16.2. The molecule has 0 saturated heterocycles. The number of ether oxygens (including phenoxy) is 3. The van der Waals surface area contributed by atoms with Crippen LogP contribution in [0.3, 0.4) is 0 Å². The summed E-state index contributed by atoms with van der Waals surface area (Å²) in [5, 5.41) is 2.88. The highest BCUT2D eigenvalue weighted by Crippen LogP contribution is 2.40. The molecule has 3 aromatic rings. The van der Waals surface area contributed by atoms with E-state index in [2.05, 4.69) is 5.32 Å². The van der Waals surface area contributed by atoms with Gasteiger partial charge in [0.25, 0.3) is 10.0 Å². The summed E-state index contributed by atoms with van der Waals surface area (Å²) in [6.45, 7) is 4.84. The maximum Gasteiger partial charge on any atom is 0.416 e. The van der Waals surface area contributed by atoms with Gasteiger partial charge in [-0.2, -0.15) is 13.2 Å². The Balaban J connectivity index is 1.74. The fourth-order valence-electron chi connectivity index (χ4n) is 4.73. The van der Waals surface area contributed by atoms with Gasteiger partial charge in [0.15, 0.2) is 11.5 Å². The molecule has 12 heteroatoms. The third-order valence-electron chi connectivity index (χ3n) is 6.65. The van der Waals surface area contributed by atoms with Crippen LogP contribution in [-0.2, 0) is 21.0 Å². The van der Waals surface area contributed by atoms with Crippen molar-refractivity contribution >= 4 is 21.6 Å². The summed E-state index contributed by atoms with van der Waals surface area (Å²) in [4.78, 5) is 13.2. The first kappa shape index (κ1) is 30.0. The van der Waals surface area contributed by atoms with Crippen LogP contribution in [0.1, 0.15) is 43.0 Å². The Labute approximate surface area is 237 Å². The minimum absolute atomic E-state index is 0.0958. The van der Waals surface area contributed by atoms with Crippen molar-refractivity contribution in [3.63, 3.8) is 0 Å². The van der Waals surface area contributed by atoms with Gasteiger partial charge < -0.3 is 19.5 Å². The monoisotopic (exact) mass is 592 g/mol. The molecule has 0 radical (unpaired) electrons. The summed E-state index contributed by atoms with van der Waals surface area (Å²) in [5.41, 5.74) is -0.349. The number of carbonyl (C=O) groups is 1. The maximum atomic E-state index is 13.9. The Kier molecular flexibility index (Phi) is 8.17. The molecule has 41 heavy (non-hydrogen) atoms. The van der Waals surface area contributed by atoms with Crippen molar-refractivity contribution in [2.45, 2.75) is 49.9 Å². The van der Waals surface area contributed by atoms with Crippen molar-refractivity contribution in [3.05, 3.63) is 77.4 Å². The fraction of sp³-hybridized carbons (Fsp3) is 0.345. The molecular formula is C29H31F3N2O6S. The quantitative estimate of drug-likeness (QED) is 0.364. The average Bonchev–Trinajstić information content (AvgIpc) is 2.90. The number of sulfonamides is 1. The summed E-state index contributed by atoms with van der Waals surface area (Å²) in [7, 11) is -1.86. The Morgan fingerprint density at radius 2 is 1.76 bits per heavy atom.